The summed E-state index contributed by atoms with van der Waals surface area (Å²) in [5, 5.41) is 5.20. The van der Waals surface area contributed by atoms with Gasteiger partial charge in [0.1, 0.15) is 0 Å². The molecule has 0 radical (unpaired) electrons. The molecule has 3 rings (SSSR count). The number of halogens is 1. The molecule has 0 fully saturated rings. The van der Waals surface area contributed by atoms with Crippen LogP contribution in [0.25, 0.3) is 10.9 Å². The summed E-state index contributed by atoms with van der Waals surface area (Å²) in [5.41, 5.74) is 3.75. The Morgan fingerprint density at radius 1 is 1.41 bits per heavy atom. The Morgan fingerprint density at radius 3 is 2.91 bits per heavy atom. The van der Waals surface area contributed by atoms with Crippen LogP contribution in [0, 0.1) is 5.92 Å². The molecule has 1 aromatic heterocycles. The molecule has 2 N–H and O–H groups in total. The quantitative estimate of drug-likeness (QED) is 0.870. The minimum atomic E-state index is 0.138. The SMILES string of the molecule is CCC(CC)C(=O)NC1CCc2[nH]c3ccc(Cl)cc3c2C1. The maximum absolute atomic E-state index is 12.3. The number of aromatic nitrogens is 1. The Bertz CT molecular complexity index is 688. The van der Waals surface area contributed by atoms with Crippen LogP contribution in [0.4, 0.5) is 0 Å². The van der Waals surface area contributed by atoms with E-state index in [9.17, 15) is 4.79 Å². The van der Waals surface area contributed by atoms with Gasteiger partial charge >= 0.3 is 0 Å². The van der Waals surface area contributed by atoms with E-state index in [0.29, 0.717) is 0 Å². The van der Waals surface area contributed by atoms with Crippen LogP contribution >= 0.6 is 11.6 Å². The molecule has 0 aliphatic heterocycles. The van der Waals surface area contributed by atoms with E-state index in [4.69, 9.17) is 11.6 Å². The number of benzene rings is 1. The number of aryl methyl sites for hydroxylation is 1. The Labute approximate surface area is 136 Å². The predicted octanol–water partition coefficient (Wildman–Crippen LogP) is 4.23. The van der Waals surface area contributed by atoms with Gasteiger partial charge in [-0.3, -0.25) is 4.79 Å². The summed E-state index contributed by atoms with van der Waals surface area (Å²) in [7, 11) is 0. The summed E-state index contributed by atoms with van der Waals surface area (Å²) in [6, 6.07) is 6.21. The number of fused-ring (bicyclic) bond motifs is 3. The van der Waals surface area contributed by atoms with Crippen LogP contribution in [0.15, 0.2) is 18.2 Å². The normalized spacial score (nSPS) is 17.7. The minimum absolute atomic E-state index is 0.138. The van der Waals surface area contributed by atoms with Crippen molar-refractivity contribution in [3.8, 4) is 0 Å². The summed E-state index contributed by atoms with van der Waals surface area (Å²) in [6.07, 6.45) is 4.68. The maximum Gasteiger partial charge on any atom is 0.223 e. The number of carbonyl (C=O) groups excluding carboxylic acids is 1. The molecule has 1 amide bonds. The number of hydrogen-bond donors (Lipinski definition) is 2. The molecule has 3 nitrogen and oxygen atoms in total. The predicted molar refractivity (Wildman–Crippen MR) is 91.3 cm³/mol. The highest BCUT2D eigenvalue weighted by atomic mass is 35.5. The Morgan fingerprint density at radius 2 is 2.18 bits per heavy atom. The molecule has 0 saturated carbocycles. The summed E-state index contributed by atoms with van der Waals surface area (Å²) < 4.78 is 0. The highest BCUT2D eigenvalue weighted by molar-refractivity contribution is 6.31. The Hall–Kier alpha value is -1.48. The summed E-state index contributed by atoms with van der Waals surface area (Å²) >= 11 is 6.13. The fourth-order valence-corrected chi connectivity index (χ4v) is 3.66. The van der Waals surface area contributed by atoms with E-state index in [1.807, 2.05) is 18.2 Å². The second-order valence-electron chi connectivity index (χ2n) is 6.23. The number of hydrogen-bond acceptors (Lipinski definition) is 1. The summed E-state index contributed by atoms with van der Waals surface area (Å²) in [5.74, 6) is 0.343. The third-order valence-electron chi connectivity index (χ3n) is 4.85. The lowest BCUT2D eigenvalue weighted by atomic mass is 9.90. The zero-order valence-corrected chi connectivity index (χ0v) is 14.0. The number of amides is 1. The van der Waals surface area contributed by atoms with Crippen LogP contribution in [0.5, 0.6) is 0 Å². The first-order chi connectivity index (χ1) is 10.6. The molecule has 0 saturated heterocycles. The molecule has 1 aromatic carbocycles. The monoisotopic (exact) mass is 318 g/mol. The second kappa shape index (κ2) is 6.33. The molecule has 0 spiro atoms. The van der Waals surface area contributed by atoms with Gasteiger partial charge in [0, 0.05) is 33.6 Å². The lowest BCUT2D eigenvalue weighted by Gasteiger charge is -2.25. The largest absolute Gasteiger partial charge is 0.358 e. The number of aromatic amines is 1. The van der Waals surface area contributed by atoms with Crippen LogP contribution in [0.3, 0.4) is 0 Å². The van der Waals surface area contributed by atoms with Crippen molar-refractivity contribution in [1.82, 2.24) is 10.3 Å². The van der Waals surface area contributed by atoms with Gasteiger partial charge in [0.2, 0.25) is 5.91 Å². The van der Waals surface area contributed by atoms with Gasteiger partial charge < -0.3 is 10.3 Å². The molecule has 1 aliphatic rings. The van der Waals surface area contributed by atoms with Gasteiger partial charge in [0.15, 0.2) is 0 Å². The van der Waals surface area contributed by atoms with Crippen molar-refractivity contribution in [3.63, 3.8) is 0 Å². The first-order valence-electron chi connectivity index (χ1n) is 8.21. The van der Waals surface area contributed by atoms with Crippen molar-refractivity contribution in [3.05, 3.63) is 34.5 Å². The molecule has 1 unspecified atom stereocenters. The van der Waals surface area contributed by atoms with Gasteiger partial charge in [-0.05, 0) is 55.9 Å². The molecule has 118 valence electrons. The zero-order valence-electron chi connectivity index (χ0n) is 13.2. The van der Waals surface area contributed by atoms with Crippen LogP contribution in [-0.4, -0.2) is 16.9 Å². The van der Waals surface area contributed by atoms with E-state index >= 15 is 0 Å². The smallest absolute Gasteiger partial charge is 0.223 e. The second-order valence-corrected chi connectivity index (χ2v) is 6.67. The van der Waals surface area contributed by atoms with E-state index in [2.05, 4.69) is 24.1 Å². The lowest BCUT2D eigenvalue weighted by molar-refractivity contribution is -0.126. The summed E-state index contributed by atoms with van der Waals surface area (Å²) in [6.45, 7) is 4.16. The topological polar surface area (TPSA) is 44.9 Å². The molecular formula is C18H23ClN2O. The molecule has 1 heterocycles. The van der Waals surface area contributed by atoms with Crippen molar-refractivity contribution >= 4 is 28.4 Å². The summed E-state index contributed by atoms with van der Waals surface area (Å²) in [4.78, 5) is 15.8. The van der Waals surface area contributed by atoms with Crippen LogP contribution in [-0.2, 0) is 17.6 Å². The number of carbonyl (C=O) groups is 1. The molecule has 1 atom stereocenters. The molecule has 0 bridgehead atoms. The molecule has 4 heteroatoms. The van der Waals surface area contributed by atoms with Crippen molar-refractivity contribution in [2.45, 2.75) is 52.0 Å². The van der Waals surface area contributed by atoms with Gasteiger partial charge in [-0.15, -0.1) is 0 Å². The van der Waals surface area contributed by atoms with E-state index in [1.165, 1.54) is 16.6 Å². The average Bonchev–Trinajstić information content (AvgIpc) is 2.86. The first kappa shape index (κ1) is 15.4. The average molecular weight is 319 g/mol. The van der Waals surface area contributed by atoms with Crippen LogP contribution < -0.4 is 5.32 Å². The highest BCUT2D eigenvalue weighted by Gasteiger charge is 2.25. The third-order valence-corrected chi connectivity index (χ3v) is 5.09. The molecule has 22 heavy (non-hydrogen) atoms. The molecule has 1 aliphatic carbocycles. The van der Waals surface area contributed by atoms with Crippen LogP contribution in [0.1, 0.15) is 44.4 Å². The van der Waals surface area contributed by atoms with E-state index in [1.54, 1.807) is 0 Å². The van der Waals surface area contributed by atoms with Crippen molar-refractivity contribution < 1.29 is 4.79 Å². The number of nitrogens with one attached hydrogen (secondary N) is 2. The van der Waals surface area contributed by atoms with Crippen molar-refractivity contribution in [1.29, 1.82) is 0 Å². The van der Waals surface area contributed by atoms with Crippen molar-refractivity contribution in [2.24, 2.45) is 5.92 Å². The highest BCUT2D eigenvalue weighted by Crippen LogP contribution is 2.31. The Balaban J connectivity index is 1.80. The van der Waals surface area contributed by atoms with Gasteiger partial charge in [-0.25, -0.2) is 0 Å². The molecule has 2 aromatic rings. The zero-order chi connectivity index (χ0) is 15.7. The Kier molecular flexibility index (Phi) is 4.44. The maximum atomic E-state index is 12.3. The standard InChI is InChI=1S/C18H23ClN2O/c1-3-11(4-2)18(22)20-13-6-8-17-15(10-13)14-9-12(19)5-7-16(14)21-17/h5,7,9,11,13,21H,3-4,6,8,10H2,1-2H3,(H,20,22). The van der Waals surface area contributed by atoms with Gasteiger partial charge in [-0.2, -0.15) is 0 Å². The fraction of sp³-hybridized carbons (Fsp3) is 0.500. The number of H-pyrrole nitrogens is 1. The first-order valence-corrected chi connectivity index (χ1v) is 8.59. The van der Waals surface area contributed by atoms with Crippen LogP contribution in [0.2, 0.25) is 5.02 Å². The van der Waals surface area contributed by atoms with E-state index in [-0.39, 0.29) is 17.9 Å². The number of rotatable bonds is 4. The lowest BCUT2D eigenvalue weighted by Crippen LogP contribution is -2.41. The third kappa shape index (κ3) is 2.87. The van der Waals surface area contributed by atoms with Gasteiger partial charge in [0.05, 0.1) is 0 Å². The van der Waals surface area contributed by atoms with E-state index in [0.717, 1.165) is 42.6 Å². The van der Waals surface area contributed by atoms with Crippen molar-refractivity contribution in [2.75, 3.05) is 0 Å². The van der Waals surface area contributed by atoms with Gasteiger partial charge in [-0.1, -0.05) is 25.4 Å². The van der Waals surface area contributed by atoms with Gasteiger partial charge in [0.25, 0.3) is 0 Å². The minimum Gasteiger partial charge on any atom is -0.358 e. The van der Waals surface area contributed by atoms with E-state index < -0.39 is 0 Å². The fourth-order valence-electron chi connectivity index (χ4n) is 3.49. The molecular weight excluding hydrogens is 296 g/mol.